The quantitative estimate of drug-likeness (QED) is 0.839. The zero-order valence-electron chi connectivity index (χ0n) is 13.4. The standard InChI is InChI=1S/C17H28N2O2/c1-13(2)16-5-4-14(3)10-17(16)21-12-15(20)11-19-8-6-18-7-9-19/h4-5,10,13,15,18,20H,6-9,11-12H2,1-3H3. The fourth-order valence-electron chi connectivity index (χ4n) is 2.67. The number of hydrogen-bond acceptors (Lipinski definition) is 4. The molecular weight excluding hydrogens is 264 g/mol. The minimum atomic E-state index is -0.441. The van der Waals surface area contributed by atoms with Crippen LogP contribution in [0.15, 0.2) is 18.2 Å². The summed E-state index contributed by atoms with van der Waals surface area (Å²) in [6, 6.07) is 6.30. The number of nitrogens with zero attached hydrogens (tertiary/aromatic N) is 1. The van der Waals surface area contributed by atoms with Gasteiger partial charge in [-0.15, -0.1) is 0 Å². The minimum Gasteiger partial charge on any atom is -0.491 e. The molecule has 1 aromatic rings. The molecule has 2 rings (SSSR count). The van der Waals surface area contributed by atoms with E-state index in [-0.39, 0.29) is 0 Å². The molecule has 4 nitrogen and oxygen atoms in total. The van der Waals surface area contributed by atoms with Gasteiger partial charge < -0.3 is 15.2 Å². The molecule has 21 heavy (non-hydrogen) atoms. The zero-order valence-corrected chi connectivity index (χ0v) is 13.4. The summed E-state index contributed by atoms with van der Waals surface area (Å²) in [5.41, 5.74) is 2.39. The van der Waals surface area contributed by atoms with Crippen LogP contribution in [0.5, 0.6) is 5.75 Å². The summed E-state index contributed by atoms with van der Waals surface area (Å²) in [4.78, 5) is 2.28. The number of piperazine rings is 1. The van der Waals surface area contributed by atoms with Gasteiger partial charge in [-0.1, -0.05) is 26.0 Å². The van der Waals surface area contributed by atoms with Crippen LogP contribution in [0.2, 0.25) is 0 Å². The van der Waals surface area contributed by atoms with E-state index in [4.69, 9.17) is 4.74 Å². The van der Waals surface area contributed by atoms with Gasteiger partial charge in [-0.05, 0) is 30.0 Å². The first-order valence-corrected chi connectivity index (χ1v) is 7.90. The van der Waals surface area contributed by atoms with Gasteiger partial charge in [-0.3, -0.25) is 4.90 Å². The zero-order chi connectivity index (χ0) is 15.2. The van der Waals surface area contributed by atoms with Gasteiger partial charge in [0.1, 0.15) is 18.5 Å². The molecule has 1 aromatic carbocycles. The molecule has 1 aliphatic heterocycles. The molecule has 1 heterocycles. The second kappa shape index (κ2) is 7.78. The summed E-state index contributed by atoms with van der Waals surface area (Å²) < 4.78 is 5.89. The lowest BCUT2D eigenvalue weighted by molar-refractivity contribution is 0.0637. The van der Waals surface area contributed by atoms with Crippen LogP contribution in [0, 0.1) is 6.92 Å². The molecule has 0 radical (unpaired) electrons. The van der Waals surface area contributed by atoms with E-state index in [9.17, 15) is 5.11 Å². The van der Waals surface area contributed by atoms with Crippen LogP contribution in [0.4, 0.5) is 0 Å². The van der Waals surface area contributed by atoms with Gasteiger partial charge in [0, 0.05) is 32.7 Å². The van der Waals surface area contributed by atoms with Gasteiger partial charge >= 0.3 is 0 Å². The Kier molecular flexibility index (Phi) is 6.03. The highest BCUT2D eigenvalue weighted by molar-refractivity contribution is 5.39. The van der Waals surface area contributed by atoms with E-state index in [2.05, 4.69) is 49.2 Å². The van der Waals surface area contributed by atoms with Crippen molar-refractivity contribution < 1.29 is 9.84 Å². The van der Waals surface area contributed by atoms with Crippen LogP contribution in [-0.2, 0) is 0 Å². The first-order chi connectivity index (χ1) is 10.1. The largest absolute Gasteiger partial charge is 0.491 e. The summed E-state index contributed by atoms with van der Waals surface area (Å²) in [6.07, 6.45) is -0.441. The Labute approximate surface area is 128 Å². The predicted octanol–water partition coefficient (Wildman–Crippen LogP) is 1.76. The summed E-state index contributed by atoms with van der Waals surface area (Å²) in [5, 5.41) is 13.5. The molecule has 0 aromatic heterocycles. The van der Waals surface area contributed by atoms with Crippen molar-refractivity contribution in [2.45, 2.75) is 32.8 Å². The average Bonchev–Trinajstić information content (AvgIpc) is 2.46. The molecule has 4 heteroatoms. The normalized spacial score (nSPS) is 18.0. The van der Waals surface area contributed by atoms with Crippen molar-refractivity contribution in [1.29, 1.82) is 0 Å². The van der Waals surface area contributed by atoms with Crippen molar-refractivity contribution in [3.8, 4) is 5.75 Å². The molecule has 0 spiro atoms. The Bertz CT molecular complexity index is 442. The third-order valence-electron chi connectivity index (χ3n) is 3.90. The number of benzene rings is 1. The molecule has 1 fully saturated rings. The van der Waals surface area contributed by atoms with Gasteiger partial charge in [0.2, 0.25) is 0 Å². The van der Waals surface area contributed by atoms with E-state index in [1.807, 2.05) is 0 Å². The minimum absolute atomic E-state index is 0.354. The lowest BCUT2D eigenvalue weighted by Gasteiger charge is -2.29. The number of nitrogens with one attached hydrogen (secondary N) is 1. The van der Waals surface area contributed by atoms with Crippen LogP contribution < -0.4 is 10.1 Å². The number of aliphatic hydroxyl groups excluding tert-OH is 1. The Morgan fingerprint density at radius 3 is 2.67 bits per heavy atom. The Morgan fingerprint density at radius 1 is 1.29 bits per heavy atom. The Morgan fingerprint density at radius 2 is 2.00 bits per heavy atom. The van der Waals surface area contributed by atoms with Crippen LogP contribution in [0.25, 0.3) is 0 Å². The molecule has 1 unspecified atom stereocenters. The van der Waals surface area contributed by atoms with Crippen LogP contribution >= 0.6 is 0 Å². The first-order valence-electron chi connectivity index (χ1n) is 7.90. The maximum Gasteiger partial charge on any atom is 0.123 e. The summed E-state index contributed by atoms with van der Waals surface area (Å²) in [6.45, 7) is 11.4. The molecule has 0 bridgehead atoms. The van der Waals surface area contributed by atoms with Gasteiger partial charge in [0.05, 0.1) is 0 Å². The topological polar surface area (TPSA) is 44.7 Å². The molecule has 118 valence electrons. The van der Waals surface area contributed by atoms with Crippen molar-refractivity contribution in [3.63, 3.8) is 0 Å². The second-order valence-electron chi connectivity index (χ2n) is 6.21. The number of hydrogen-bond donors (Lipinski definition) is 2. The van der Waals surface area contributed by atoms with Crippen molar-refractivity contribution in [2.75, 3.05) is 39.3 Å². The van der Waals surface area contributed by atoms with Gasteiger partial charge in [0.25, 0.3) is 0 Å². The second-order valence-corrected chi connectivity index (χ2v) is 6.21. The third kappa shape index (κ3) is 4.99. The van der Waals surface area contributed by atoms with E-state index in [0.29, 0.717) is 19.1 Å². The van der Waals surface area contributed by atoms with E-state index < -0.39 is 6.10 Å². The predicted molar refractivity (Wildman–Crippen MR) is 86.1 cm³/mol. The summed E-state index contributed by atoms with van der Waals surface area (Å²) in [5.74, 6) is 1.33. The van der Waals surface area contributed by atoms with Crippen LogP contribution in [0.1, 0.15) is 30.9 Å². The molecule has 2 N–H and O–H groups in total. The Balaban J connectivity index is 1.88. The van der Waals surface area contributed by atoms with Crippen LogP contribution in [-0.4, -0.2) is 55.4 Å². The van der Waals surface area contributed by atoms with Crippen molar-refractivity contribution in [1.82, 2.24) is 10.2 Å². The van der Waals surface area contributed by atoms with Gasteiger partial charge in [-0.25, -0.2) is 0 Å². The van der Waals surface area contributed by atoms with Crippen LogP contribution in [0.3, 0.4) is 0 Å². The fraction of sp³-hybridized carbons (Fsp3) is 0.647. The smallest absolute Gasteiger partial charge is 0.123 e. The van der Waals surface area contributed by atoms with Gasteiger partial charge in [-0.2, -0.15) is 0 Å². The lowest BCUT2D eigenvalue weighted by atomic mass is 10.0. The summed E-state index contributed by atoms with van der Waals surface area (Å²) in [7, 11) is 0. The monoisotopic (exact) mass is 292 g/mol. The highest BCUT2D eigenvalue weighted by Gasteiger charge is 2.16. The molecule has 0 amide bonds. The molecule has 1 aliphatic rings. The number of aryl methyl sites for hydroxylation is 1. The highest BCUT2D eigenvalue weighted by atomic mass is 16.5. The van der Waals surface area contributed by atoms with Crippen molar-refractivity contribution in [2.24, 2.45) is 0 Å². The highest BCUT2D eigenvalue weighted by Crippen LogP contribution is 2.27. The SMILES string of the molecule is Cc1ccc(C(C)C)c(OCC(O)CN2CCNCC2)c1. The lowest BCUT2D eigenvalue weighted by Crippen LogP contribution is -2.47. The number of β-amino-alcohol motifs (C(OH)–C–C–N with tert-alkyl or cyclic N) is 1. The molecule has 1 saturated heterocycles. The van der Waals surface area contributed by atoms with Crippen molar-refractivity contribution >= 4 is 0 Å². The van der Waals surface area contributed by atoms with Crippen molar-refractivity contribution in [3.05, 3.63) is 29.3 Å². The van der Waals surface area contributed by atoms with E-state index >= 15 is 0 Å². The van der Waals surface area contributed by atoms with E-state index in [0.717, 1.165) is 31.9 Å². The Hall–Kier alpha value is -1.10. The molecule has 0 saturated carbocycles. The molecule has 1 atom stereocenters. The summed E-state index contributed by atoms with van der Waals surface area (Å²) >= 11 is 0. The molecular formula is C17H28N2O2. The third-order valence-corrected chi connectivity index (χ3v) is 3.90. The van der Waals surface area contributed by atoms with Gasteiger partial charge in [0.15, 0.2) is 0 Å². The maximum absolute atomic E-state index is 10.2. The fourth-order valence-corrected chi connectivity index (χ4v) is 2.67. The van der Waals surface area contributed by atoms with E-state index in [1.165, 1.54) is 11.1 Å². The number of ether oxygens (including phenoxy) is 1. The maximum atomic E-state index is 10.2. The molecule has 0 aliphatic carbocycles. The number of rotatable bonds is 6. The number of aliphatic hydroxyl groups is 1. The van der Waals surface area contributed by atoms with E-state index in [1.54, 1.807) is 0 Å². The average molecular weight is 292 g/mol. The first kappa shape index (κ1) is 16.3.